The van der Waals surface area contributed by atoms with Crippen molar-refractivity contribution in [3.8, 4) is 0 Å². The molecular weight excluding hydrogens is 382 g/mol. The minimum atomic E-state index is -3.71. The summed E-state index contributed by atoms with van der Waals surface area (Å²) in [6.45, 7) is 4.28. The first-order chi connectivity index (χ1) is 13.4. The van der Waals surface area contributed by atoms with E-state index in [1.165, 1.54) is 18.2 Å². The van der Waals surface area contributed by atoms with Gasteiger partial charge in [0, 0.05) is 32.4 Å². The van der Waals surface area contributed by atoms with Crippen LogP contribution in [-0.4, -0.2) is 50.8 Å². The van der Waals surface area contributed by atoms with E-state index >= 15 is 0 Å². The smallest absolute Gasteiger partial charge is 0.310 e. The van der Waals surface area contributed by atoms with Gasteiger partial charge in [0.2, 0.25) is 0 Å². The molecule has 0 radical (unpaired) electrons. The Hall–Kier alpha value is -2.49. The largest absolute Gasteiger partial charge is 0.379 e. The molecule has 1 aliphatic heterocycles. The molecule has 9 heteroatoms. The third-order valence-electron chi connectivity index (χ3n) is 4.67. The van der Waals surface area contributed by atoms with Crippen LogP contribution in [0, 0.1) is 10.1 Å². The van der Waals surface area contributed by atoms with Crippen molar-refractivity contribution in [3.05, 3.63) is 63.7 Å². The van der Waals surface area contributed by atoms with Crippen molar-refractivity contribution in [2.24, 2.45) is 0 Å². The number of nitro benzene ring substituents is 1. The number of nitrogens with one attached hydrogen (secondary N) is 1. The lowest BCUT2D eigenvalue weighted by Crippen LogP contribution is -2.35. The minimum absolute atomic E-state index is 0.189. The fourth-order valence-electron chi connectivity index (χ4n) is 3.23. The van der Waals surface area contributed by atoms with E-state index in [0.29, 0.717) is 19.8 Å². The highest BCUT2D eigenvalue weighted by Crippen LogP contribution is 2.32. The molecule has 0 unspecified atom stereocenters. The third-order valence-corrected chi connectivity index (χ3v) is 5.79. The second-order valence-corrected chi connectivity index (χ2v) is 8.68. The third kappa shape index (κ3) is 4.86. The topological polar surface area (TPSA) is 102 Å². The van der Waals surface area contributed by atoms with Crippen molar-refractivity contribution in [3.63, 3.8) is 0 Å². The fourth-order valence-corrected chi connectivity index (χ4v) is 4.09. The summed E-state index contributed by atoms with van der Waals surface area (Å²) in [5.74, 6) is 0. The molecule has 0 saturated carbocycles. The second-order valence-electron chi connectivity index (χ2n) is 6.69. The highest BCUT2D eigenvalue weighted by atomic mass is 32.2. The number of ether oxygens (including phenoxy) is 1. The molecule has 1 aliphatic rings. The number of hydrogen-bond acceptors (Lipinski definition) is 7. The van der Waals surface area contributed by atoms with Crippen molar-refractivity contribution < 1.29 is 18.1 Å². The van der Waals surface area contributed by atoms with Gasteiger partial charge >= 0.3 is 5.69 Å². The van der Waals surface area contributed by atoms with E-state index in [1.807, 2.05) is 24.3 Å². The molecule has 8 nitrogen and oxygen atoms in total. The molecule has 1 fully saturated rings. The molecule has 150 valence electrons. The molecule has 0 aromatic heterocycles. The lowest BCUT2D eigenvalue weighted by Gasteiger charge is -2.27. The molecule has 1 N–H and O–H groups in total. The molecule has 0 spiro atoms. The predicted molar refractivity (Wildman–Crippen MR) is 106 cm³/mol. The second kappa shape index (κ2) is 8.68. The Kier molecular flexibility index (Phi) is 6.28. The predicted octanol–water partition coefficient (Wildman–Crippen LogP) is 2.44. The van der Waals surface area contributed by atoms with Gasteiger partial charge in [-0.1, -0.05) is 30.3 Å². The van der Waals surface area contributed by atoms with E-state index in [0.717, 1.165) is 37.0 Å². The number of sulfone groups is 1. The lowest BCUT2D eigenvalue weighted by molar-refractivity contribution is -0.386. The van der Waals surface area contributed by atoms with Gasteiger partial charge in [0.15, 0.2) is 9.84 Å². The van der Waals surface area contributed by atoms with Crippen LogP contribution in [0.3, 0.4) is 0 Å². The SMILES string of the molecule is CS(=O)(=O)c1cccc(NCc2ccccc2CN2CCOCC2)c1[N+](=O)[O-]. The molecule has 0 atom stereocenters. The van der Waals surface area contributed by atoms with Crippen LogP contribution < -0.4 is 5.32 Å². The fraction of sp³-hybridized carbons (Fsp3) is 0.368. The van der Waals surface area contributed by atoms with Crippen LogP contribution in [-0.2, 0) is 27.7 Å². The molecule has 2 aromatic rings. The van der Waals surface area contributed by atoms with Crippen LogP contribution in [0.2, 0.25) is 0 Å². The van der Waals surface area contributed by atoms with Crippen molar-refractivity contribution in [1.29, 1.82) is 0 Å². The van der Waals surface area contributed by atoms with Crippen LogP contribution >= 0.6 is 0 Å². The molecule has 0 bridgehead atoms. The van der Waals surface area contributed by atoms with Gasteiger partial charge in [-0.15, -0.1) is 0 Å². The zero-order valence-electron chi connectivity index (χ0n) is 15.6. The highest BCUT2D eigenvalue weighted by Gasteiger charge is 2.26. The van der Waals surface area contributed by atoms with E-state index in [2.05, 4.69) is 10.2 Å². The number of rotatable bonds is 7. The van der Waals surface area contributed by atoms with E-state index in [1.54, 1.807) is 0 Å². The minimum Gasteiger partial charge on any atom is -0.379 e. The number of nitro groups is 1. The molecule has 2 aromatic carbocycles. The zero-order chi connectivity index (χ0) is 20.1. The van der Waals surface area contributed by atoms with E-state index in [4.69, 9.17) is 4.74 Å². The van der Waals surface area contributed by atoms with Crippen molar-refractivity contribution in [2.45, 2.75) is 18.0 Å². The quantitative estimate of drug-likeness (QED) is 0.557. The van der Waals surface area contributed by atoms with Gasteiger partial charge in [0.25, 0.3) is 0 Å². The first-order valence-electron chi connectivity index (χ1n) is 8.94. The maximum atomic E-state index is 11.9. The standard InChI is InChI=1S/C19H23N3O5S/c1-28(25,26)18-8-4-7-17(19(18)22(23)24)20-13-15-5-2-3-6-16(15)14-21-9-11-27-12-10-21/h2-8,20H,9-14H2,1H3. The molecular formula is C19H23N3O5S. The lowest BCUT2D eigenvalue weighted by atomic mass is 10.1. The van der Waals surface area contributed by atoms with Crippen LogP contribution in [0.5, 0.6) is 0 Å². The average Bonchev–Trinajstić information content (AvgIpc) is 2.67. The Morgan fingerprint density at radius 2 is 1.79 bits per heavy atom. The zero-order valence-corrected chi connectivity index (χ0v) is 16.4. The Morgan fingerprint density at radius 1 is 1.11 bits per heavy atom. The summed E-state index contributed by atoms with van der Waals surface area (Å²) in [6.07, 6.45) is 0.969. The van der Waals surface area contributed by atoms with Crippen LogP contribution in [0.25, 0.3) is 0 Å². The van der Waals surface area contributed by atoms with Gasteiger partial charge in [-0.25, -0.2) is 8.42 Å². The first kappa shape index (κ1) is 20.2. The number of para-hydroxylation sites is 1. The number of hydrogen-bond donors (Lipinski definition) is 1. The Bertz CT molecular complexity index is 956. The average molecular weight is 405 g/mol. The molecule has 1 heterocycles. The summed E-state index contributed by atoms with van der Waals surface area (Å²) < 4.78 is 29.2. The van der Waals surface area contributed by atoms with Gasteiger partial charge in [-0.3, -0.25) is 15.0 Å². The Balaban J connectivity index is 1.82. The molecule has 1 saturated heterocycles. The van der Waals surface area contributed by atoms with E-state index in [9.17, 15) is 18.5 Å². The molecule has 0 aliphatic carbocycles. The van der Waals surface area contributed by atoms with Gasteiger partial charge in [-0.2, -0.15) is 0 Å². The number of morpholine rings is 1. The number of benzene rings is 2. The Morgan fingerprint density at radius 3 is 2.43 bits per heavy atom. The van der Waals surface area contributed by atoms with Gasteiger partial charge in [0.1, 0.15) is 10.6 Å². The normalized spacial score (nSPS) is 15.3. The summed E-state index contributed by atoms with van der Waals surface area (Å²) in [7, 11) is -3.71. The Labute approximate surface area is 164 Å². The van der Waals surface area contributed by atoms with Crippen LogP contribution in [0.1, 0.15) is 11.1 Å². The van der Waals surface area contributed by atoms with Gasteiger partial charge in [0.05, 0.1) is 18.1 Å². The first-order valence-corrected chi connectivity index (χ1v) is 10.8. The van der Waals surface area contributed by atoms with Crippen LogP contribution in [0.4, 0.5) is 11.4 Å². The maximum absolute atomic E-state index is 11.9. The summed E-state index contributed by atoms with van der Waals surface area (Å²) >= 11 is 0. The van der Waals surface area contributed by atoms with Crippen molar-refractivity contribution in [1.82, 2.24) is 4.90 Å². The number of anilines is 1. The van der Waals surface area contributed by atoms with Gasteiger partial charge < -0.3 is 10.1 Å². The molecule has 28 heavy (non-hydrogen) atoms. The van der Waals surface area contributed by atoms with E-state index < -0.39 is 20.4 Å². The summed E-state index contributed by atoms with van der Waals surface area (Å²) in [5, 5.41) is 14.6. The maximum Gasteiger partial charge on any atom is 0.310 e. The monoisotopic (exact) mass is 405 g/mol. The van der Waals surface area contributed by atoms with Gasteiger partial charge in [-0.05, 0) is 23.3 Å². The highest BCUT2D eigenvalue weighted by molar-refractivity contribution is 7.90. The molecule has 0 amide bonds. The van der Waals surface area contributed by atoms with Crippen molar-refractivity contribution >= 4 is 21.2 Å². The van der Waals surface area contributed by atoms with E-state index in [-0.39, 0.29) is 10.6 Å². The summed E-state index contributed by atoms with van der Waals surface area (Å²) in [6, 6.07) is 12.2. The summed E-state index contributed by atoms with van der Waals surface area (Å²) in [4.78, 5) is 12.9. The van der Waals surface area contributed by atoms with Crippen LogP contribution in [0.15, 0.2) is 47.4 Å². The summed E-state index contributed by atoms with van der Waals surface area (Å²) in [5.41, 5.74) is 1.90. The molecule has 3 rings (SSSR count). The number of nitrogens with zero attached hydrogens (tertiary/aromatic N) is 2. The van der Waals surface area contributed by atoms with Crippen molar-refractivity contribution in [2.75, 3.05) is 37.9 Å².